The first-order chi connectivity index (χ1) is 11.0. The van der Waals surface area contributed by atoms with Crippen molar-refractivity contribution in [3.8, 4) is 11.5 Å². The lowest BCUT2D eigenvalue weighted by Gasteiger charge is -2.18. The number of amides is 1. The van der Waals surface area contributed by atoms with Crippen LogP contribution in [-0.4, -0.2) is 30.0 Å². The second-order valence-electron chi connectivity index (χ2n) is 5.09. The number of aromatic nitrogens is 1. The molecule has 7 heteroatoms. The lowest BCUT2D eigenvalue weighted by atomic mass is 10.1. The number of hydrogen-bond donors (Lipinski definition) is 0. The van der Waals surface area contributed by atoms with Crippen molar-refractivity contribution >= 4 is 17.5 Å². The van der Waals surface area contributed by atoms with Gasteiger partial charge < -0.3 is 14.4 Å². The van der Waals surface area contributed by atoms with Crippen molar-refractivity contribution in [2.24, 2.45) is 0 Å². The van der Waals surface area contributed by atoms with Gasteiger partial charge in [0, 0.05) is 23.7 Å². The molecule has 2 aromatic rings. The molecule has 0 radical (unpaired) electrons. The molecule has 0 atom stereocenters. The summed E-state index contributed by atoms with van der Waals surface area (Å²) in [6.07, 6.45) is 1.03. The monoisotopic (exact) mass is 336 g/mol. The summed E-state index contributed by atoms with van der Waals surface area (Å²) in [6.45, 7) is 0.424. The van der Waals surface area contributed by atoms with Gasteiger partial charge in [0.1, 0.15) is 22.5 Å². The Morgan fingerprint density at radius 2 is 2.13 bits per heavy atom. The van der Waals surface area contributed by atoms with Crippen molar-refractivity contribution in [3.05, 3.63) is 52.1 Å². The van der Waals surface area contributed by atoms with E-state index in [0.717, 1.165) is 11.8 Å². The number of rotatable bonds is 4. The molecule has 0 unspecified atom stereocenters. The Balaban J connectivity index is 1.90. The van der Waals surface area contributed by atoms with E-state index in [1.807, 2.05) is 6.07 Å². The molecule has 2 heterocycles. The van der Waals surface area contributed by atoms with E-state index < -0.39 is 5.82 Å². The van der Waals surface area contributed by atoms with Crippen molar-refractivity contribution in [3.63, 3.8) is 0 Å². The number of carbonyl (C=O) groups excluding carboxylic acids is 1. The van der Waals surface area contributed by atoms with Crippen molar-refractivity contribution < 1.29 is 18.7 Å². The van der Waals surface area contributed by atoms with Crippen LogP contribution >= 0.6 is 11.6 Å². The van der Waals surface area contributed by atoms with Crippen LogP contribution in [0.1, 0.15) is 21.5 Å². The van der Waals surface area contributed by atoms with Gasteiger partial charge in [-0.2, -0.15) is 0 Å². The first kappa shape index (κ1) is 15.6. The molecule has 1 aliphatic rings. The molecule has 23 heavy (non-hydrogen) atoms. The second kappa shape index (κ2) is 6.04. The molecule has 1 aromatic heterocycles. The molecule has 1 amide bonds. The fraction of sp³-hybridized carbons (Fsp3) is 0.250. The molecular formula is C16H14ClFN2O3. The first-order valence-electron chi connectivity index (χ1n) is 6.88. The molecule has 0 saturated heterocycles. The zero-order valence-electron chi connectivity index (χ0n) is 12.6. The standard InChI is InChI=1S/C16H14ClFN2O3/c1-22-10-4-3-9(13(5-10)23-2)7-20-8-11-12(18)6-19-15(17)14(11)16(20)21/h3-6H,7-8H2,1-2H3. The van der Waals surface area contributed by atoms with Crippen LogP contribution in [0.5, 0.6) is 11.5 Å². The molecule has 0 saturated carbocycles. The molecule has 120 valence electrons. The molecule has 0 aliphatic carbocycles. The van der Waals surface area contributed by atoms with Crippen LogP contribution < -0.4 is 9.47 Å². The van der Waals surface area contributed by atoms with Crippen LogP contribution in [-0.2, 0) is 13.1 Å². The fourth-order valence-corrected chi connectivity index (χ4v) is 2.85. The minimum absolute atomic E-state index is 0.0237. The highest BCUT2D eigenvalue weighted by Gasteiger charge is 2.33. The number of halogens is 2. The third kappa shape index (κ3) is 2.70. The smallest absolute Gasteiger partial charge is 0.258 e. The summed E-state index contributed by atoms with van der Waals surface area (Å²) in [5.74, 6) is 0.384. The van der Waals surface area contributed by atoms with Crippen LogP contribution in [0.15, 0.2) is 24.4 Å². The third-order valence-corrected chi connectivity index (χ3v) is 4.08. The van der Waals surface area contributed by atoms with Crippen molar-refractivity contribution in [2.45, 2.75) is 13.1 Å². The van der Waals surface area contributed by atoms with Gasteiger partial charge in [0.15, 0.2) is 0 Å². The molecule has 3 rings (SSSR count). The maximum absolute atomic E-state index is 13.9. The number of carbonyl (C=O) groups is 1. The van der Waals surface area contributed by atoms with Gasteiger partial charge in [-0.15, -0.1) is 0 Å². The van der Waals surface area contributed by atoms with E-state index in [4.69, 9.17) is 21.1 Å². The Labute approximate surface area is 137 Å². The molecule has 0 spiro atoms. The van der Waals surface area contributed by atoms with Crippen LogP contribution in [0.2, 0.25) is 5.15 Å². The number of pyridine rings is 1. The lowest BCUT2D eigenvalue weighted by Crippen LogP contribution is -2.23. The maximum Gasteiger partial charge on any atom is 0.258 e. The molecule has 1 aliphatic heterocycles. The van der Waals surface area contributed by atoms with Gasteiger partial charge in [-0.1, -0.05) is 11.6 Å². The van der Waals surface area contributed by atoms with E-state index in [0.29, 0.717) is 11.5 Å². The van der Waals surface area contributed by atoms with Crippen molar-refractivity contribution in [1.29, 1.82) is 0 Å². The average Bonchev–Trinajstić information content (AvgIpc) is 2.89. The zero-order valence-corrected chi connectivity index (χ0v) is 13.4. The summed E-state index contributed by atoms with van der Waals surface area (Å²) in [4.78, 5) is 17.7. The molecule has 0 fully saturated rings. The van der Waals surface area contributed by atoms with E-state index in [1.165, 1.54) is 4.90 Å². The van der Waals surface area contributed by atoms with Gasteiger partial charge in [-0.25, -0.2) is 9.37 Å². The van der Waals surface area contributed by atoms with E-state index in [-0.39, 0.29) is 35.3 Å². The fourth-order valence-electron chi connectivity index (χ4n) is 2.61. The lowest BCUT2D eigenvalue weighted by molar-refractivity contribution is 0.0765. The van der Waals surface area contributed by atoms with Gasteiger partial charge in [0.25, 0.3) is 5.91 Å². The van der Waals surface area contributed by atoms with E-state index in [1.54, 1.807) is 26.4 Å². The molecule has 0 bridgehead atoms. The number of methoxy groups -OCH3 is 2. The highest BCUT2D eigenvalue weighted by Crippen LogP contribution is 2.32. The average molecular weight is 337 g/mol. The topological polar surface area (TPSA) is 51.7 Å². The van der Waals surface area contributed by atoms with E-state index in [9.17, 15) is 9.18 Å². The quantitative estimate of drug-likeness (QED) is 0.805. The van der Waals surface area contributed by atoms with Crippen LogP contribution in [0, 0.1) is 5.82 Å². The number of nitrogens with zero attached hydrogens (tertiary/aromatic N) is 2. The summed E-state index contributed by atoms with van der Waals surface area (Å²) >= 11 is 5.94. The number of hydrogen-bond acceptors (Lipinski definition) is 4. The maximum atomic E-state index is 13.9. The zero-order chi connectivity index (χ0) is 16.6. The first-order valence-corrected chi connectivity index (χ1v) is 7.26. The minimum Gasteiger partial charge on any atom is -0.497 e. The van der Waals surface area contributed by atoms with Gasteiger partial charge in [0.05, 0.1) is 32.5 Å². The van der Waals surface area contributed by atoms with Crippen LogP contribution in [0.25, 0.3) is 0 Å². The predicted molar refractivity (Wildman–Crippen MR) is 82.3 cm³/mol. The summed E-state index contributed by atoms with van der Waals surface area (Å²) < 4.78 is 24.3. The molecule has 0 N–H and O–H groups in total. The number of benzene rings is 1. The van der Waals surface area contributed by atoms with Gasteiger partial charge in [-0.3, -0.25) is 4.79 Å². The van der Waals surface area contributed by atoms with Crippen LogP contribution in [0.4, 0.5) is 4.39 Å². The summed E-state index contributed by atoms with van der Waals surface area (Å²) in [5, 5.41) is 0.0237. The Kier molecular flexibility index (Phi) is 4.09. The largest absolute Gasteiger partial charge is 0.497 e. The van der Waals surface area contributed by atoms with Crippen LogP contribution in [0.3, 0.4) is 0 Å². The summed E-state index contributed by atoms with van der Waals surface area (Å²) in [5.41, 5.74) is 1.21. The van der Waals surface area contributed by atoms with E-state index in [2.05, 4.69) is 4.98 Å². The van der Waals surface area contributed by atoms with Gasteiger partial charge in [0.2, 0.25) is 0 Å². The minimum atomic E-state index is -0.526. The summed E-state index contributed by atoms with van der Waals surface area (Å²) in [7, 11) is 3.10. The third-order valence-electron chi connectivity index (χ3n) is 3.79. The highest BCUT2D eigenvalue weighted by molar-refractivity contribution is 6.33. The van der Waals surface area contributed by atoms with Gasteiger partial charge in [-0.05, 0) is 12.1 Å². The Morgan fingerprint density at radius 3 is 2.78 bits per heavy atom. The normalized spacial score (nSPS) is 13.2. The number of fused-ring (bicyclic) bond motifs is 1. The molecule has 5 nitrogen and oxygen atoms in total. The van der Waals surface area contributed by atoms with Gasteiger partial charge >= 0.3 is 0 Å². The van der Waals surface area contributed by atoms with E-state index >= 15 is 0 Å². The van der Waals surface area contributed by atoms with Crippen molar-refractivity contribution in [2.75, 3.05) is 14.2 Å². The molecular weight excluding hydrogens is 323 g/mol. The Morgan fingerprint density at radius 1 is 1.35 bits per heavy atom. The SMILES string of the molecule is COc1ccc(CN2Cc3c(F)cnc(Cl)c3C2=O)c(OC)c1. The highest BCUT2D eigenvalue weighted by atomic mass is 35.5. The molecule has 1 aromatic carbocycles. The number of ether oxygens (including phenoxy) is 2. The van der Waals surface area contributed by atoms with Crippen molar-refractivity contribution in [1.82, 2.24) is 9.88 Å². The Hall–Kier alpha value is -2.34. The Bertz CT molecular complexity index is 782. The second-order valence-corrected chi connectivity index (χ2v) is 5.45. The predicted octanol–water partition coefficient (Wildman–Crippen LogP) is 3.05. The summed E-state index contributed by atoms with van der Waals surface area (Å²) in [6, 6.07) is 5.32.